The Morgan fingerprint density at radius 3 is 2.74 bits per heavy atom. The van der Waals surface area contributed by atoms with Crippen molar-refractivity contribution in [3.05, 3.63) is 72.6 Å². The molecule has 7 heteroatoms. The summed E-state index contributed by atoms with van der Waals surface area (Å²) in [7, 11) is 0. The van der Waals surface area contributed by atoms with Gasteiger partial charge in [0.05, 0.1) is 5.69 Å². The van der Waals surface area contributed by atoms with E-state index in [2.05, 4.69) is 49.8 Å². The maximum absolute atomic E-state index is 5.59. The molecule has 2 bridgehead atoms. The van der Waals surface area contributed by atoms with Crippen LogP contribution in [-0.2, 0) is 6.42 Å². The Morgan fingerprint density at radius 1 is 1.06 bits per heavy atom. The van der Waals surface area contributed by atoms with Crippen LogP contribution in [0.4, 0.5) is 11.4 Å². The van der Waals surface area contributed by atoms with Crippen LogP contribution < -0.4 is 15.5 Å². The zero-order chi connectivity index (χ0) is 22.9. The highest BCUT2D eigenvalue weighted by Crippen LogP contribution is 2.38. The molecular formula is C27H32N6S. The van der Waals surface area contributed by atoms with Crippen LogP contribution in [0, 0.1) is 11.8 Å². The van der Waals surface area contributed by atoms with Crippen LogP contribution in [0.1, 0.15) is 18.4 Å². The molecule has 0 radical (unpaired) electrons. The number of fused-ring (bicyclic) bond motifs is 4. The molecular weight excluding hydrogens is 440 g/mol. The topological polar surface area (TPSA) is 48.4 Å². The first-order valence-corrected chi connectivity index (χ1v) is 12.9. The van der Waals surface area contributed by atoms with Gasteiger partial charge < -0.3 is 15.5 Å². The van der Waals surface area contributed by atoms with E-state index in [1.807, 2.05) is 41.2 Å². The Hall–Kier alpha value is -2.90. The monoisotopic (exact) mass is 472 g/mol. The number of piperidine rings is 3. The second-order valence-electron chi connectivity index (χ2n) is 9.85. The van der Waals surface area contributed by atoms with Gasteiger partial charge in [-0.2, -0.15) is 5.10 Å². The standard InChI is InChI=1S/C27H32N6S/c34-27(30-23-6-8-24(9-7-23)33-13-3-12-29-33)28-17-25-16-21-11-14-31(25)18-22(21)19-32-15-10-20-4-1-2-5-26(20)32/h1-9,12-13,21-22,25H,10-11,14-19H2,(H2,28,30,34). The third-order valence-corrected chi connectivity index (χ3v) is 8.09. The fraction of sp³-hybridized carbons (Fsp3) is 0.407. The predicted molar refractivity (Wildman–Crippen MR) is 142 cm³/mol. The molecule has 0 saturated carbocycles. The summed E-state index contributed by atoms with van der Waals surface area (Å²) >= 11 is 5.59. The van der Waals surface area contributed by atoms with Gasteiger partial charge in [-0.1, -0.05) is 18.2 Å². The van der Waals surface area contributed by atoms with Gasteiger partial charge in [0.2, 0.25) is 0 Å². The highest BCUT2D eigenvalue weighted by atomic mass is 32.1. The molecule has 0 aliphatic carbocycles. The van der Waals surface area contributed by atoms with Crippen molar-refractivity contribution in [1.82, 2.24) is 20.0 Å². The number of anilines is 2. The summed E-state index contributed by atoms with van der Waals surface area (Å²) < 4.78 is 1.85. The van der Waals surface area contributed by atoms with E-state index in [1.165, 1.54) is 56.7 Å². The second kappa shape index (κ2) is 9.39. The van der Waals surface area contributed by atoms with E-state index in [-0.39, 0.29) is 0 Å². The van der Waals surface area contributed by atoms with Crippen molar-refractivity contribution in [2.24, 2.45) is 11.8 Å². The normalized spacial score (nSPS) is 25.2. The van der Waals surface area contributed by atoms with Crippen molar-refractivity contribution in [1.29, 1.82) is 0 Å². The molecule has 4 unspecified atom stereocenters. The number of hydrogen-bond acceptors (Lipinski definition) is 4. The molecule has 4 atom stereocenters. The Bertz CT molecular complexity index is 1130. The number of rotatable bonds is 6. The van der Waals surface area contributed by atoms with Crippen molar-refractivity contribution < 1.29 is 0 Å². The summed E-state index contributed by atoms with van der Waals surface area (Å²) in [5.41, 5.74) is 5.01. The Labute approximate surface area is 206 Å². The lowest BCUT2D eigenvalue weighted by atomic mass is 9.75. The molecule has 0 amide bonds. The van der Waals surface area contributed by atoms with Gasteiger partial charge in [-0.15, -0.1) is 0 Å². The van der Waals surface area contributed by atoms with E-state index >= 15 is 0 Å². The average molecular weight is 473 g/mol. The summed E-state index contributed by atoms with van der Waals surface area (Å²) in [5.74, 6) is 1.59. The molecule has 34 heavy (non-hydrogen) atoms. The molecule has 3 saturated heterocycles. The lowest BCUT2D eigenvalue weighted by Gasteiger charge is -2.51. The number of para-hydroxylation sites is 1. The number of hydrogen-bond donors (Lipinski definition) is 2. The summed E-state index contributed by atoms with van der Waals surface area (Å²) in [6.45, 7) is 5.72. The Morgan fingerprint density at radius 2 is 1.94 bits per heavy atom. The highest BCUT2D eigenvalue weighted by molar-refractivity contribution is 7.80. The molecule has 4 aliphatic heterocycles. The van der Waals surface area contributed by atoms with Gasteiger partial charge in [0.25, 0.3) is 0 Å². The zero-order valence-corrected chi connectivity index (χ0v) is 20.3. The molecule has 5 heterocycles. The van der Waals surface area contributed by atoms with E-state index in [0.29, 0.717) is 11.2 Å². The Kier molecular flexibility index (Phi) is 5.97. The minimum absolute atomic E-state index is 0.572. The number of aromatic nitrogens is 2. The summed E-state index contributed by atoms with van der Waals surface area (Å²) in [5, 5.41) is 11.8. The molecule has 2 N–H and O–H groups in total. The largest absolute Gasteiger partial charge is 0.371 e. The van der Waals surface area contributed by atoms with Crippen LogP contribution in [-0.4, -0.2) is 58.6 Å². The van der Waals surface area contributed by atoms with Crippen LogP contribution in [0.25, 0.3) is 5.69 Å². The zero-order valence-electron chi connectivity index (χ0n) is 19.4. The van der Waals surface area contributed by atoms with Gasteiger partial charge in [-0.25, -0.2) is 4.68 Å². The van der Waals surface area contributed by atoms with E-state index in [0.717, 1.165) is 29.8 Å². The maximum atomic E-state index is 5.59. The second-order valence-corrected chi connectivity index (χ2v) is 10.3. The lowest BCUT2D eigenvalue weighted by Crippen LogP contribution is -2.58. The van der Waals surface area contributed by atoms with Crippen LogP contribution in [0.3, 0.4) is 0 Å². The van der Waals surface area contributed by atoms with Gasteiger partial charge in [0.15, 0.2) is 5.11 Å². The quantitative estimate of drug-likeness (QED) is 0.530. The minimum Gasteiger partial charge on any atom is -0.371 e. The van der Waals surface area contributed by atoms with E-state index in [1.54, 1.807) is 6.20 Å². The van der Waals surface area contributed by atoms with Crippen molar-refractivity contribution in [2.75, 3.05) is 42.9 Å². The highest BCUT2D eigenvalue weighted by Gasteiger charge is 2.41. The van der Waals surface area contributed by atoms with Crippen LogP contribution in [0.2, 0.25) is 0 Å². The number of thiocarbonyl (C=S) groups is 1. The SMILES string of the molecule is S=C(NCC1CC2CCN1CC2CN1CCc2ccccc21)Nc1ccc(-n2cccn2)cc1. The van der Waals surface area contributed by atoms with Crippen molar-refractivity contribution in [2.45, 2.75) is 25.3 Å². The van der Waals surface area contributed by atoms with Gasteiger partial charge >= 0.3 is 0 Å². The molecule has 3 aromatic rings. The van der Waals surface area contributed by atoms with Gasteiger partial charge in [-0.3, -0.25) is 4.90 Å². The van der Waals surface area contributed by atoms with Crippen molar-refractivity contribution in [3.63, 3.8) is 0 Å². The lowest BCUT2D eigenvalue weighted by molar-refractivity contribution is 0.00645. The van der Waals surface area contributed by atoms with E-state index < -0.39 is 0 Å². The average Bonchev–Trinajstić information content (AvgIpc) is 3.55. The smallest absolute Gasteiger partial charge is 0.170 e. The van der Waals surface area contributed by atoms with Crippen LogP contribution >= 0.6 is 12.2 Å². The molecule has 176 valence electrons. The first kappa shape index (κ1) is 21.6. The van der Waals surface area contributed by atoms with Crippen LogP contribution in [0.15, 0.2) is 67.0 Å². The summed E-state index contributed by atoms with van der Waals surface area (Å²) in [6.07, 6.45) is 7.53. The summed E-state index contributed by atoms with van der Waals surface area (Å²) in [4.78, 5) is 5.33. The van der Waals surface area contributed by atoms with Crippen molar-refractivity contribution >= 4 is 28.7 Å². The Balaban J connectivity index is 0.992. The van der Waals surface area contributed by atoms with Crippen LogP contribution in [0.5, 0.6) is 0 Å². The predicted octanol–water partition coefficient (Wildman–Crippen LogP) is 3.93. The third-order valence-electron chi connectivity index (χ3n) is 7.84. The van der Waals surface area contributed by atoms with Gasteiger partial charge in [0, 0.05) is 56.0 Å². The molecule has 6 nitrogen and oxygen atoms in total. The first-order chi connectivity index (χ1) is 16.7. The molecule has 1 aromatic heterocycles. The molecule has 7 rings (SSSR count). The molecule has 0 spiro atoms. The fourth-order valence-electron chi connectivity index (χ4n) is 6.05. The third kappa shape index (κ3) is 4.42. The first-order valence-electron chi connectivity index (χ1n) is 12.4. The molecule has 4 aliphatic rings. The van der Waals surface area contributed by atoms with Gasteiger partial charge in [-0.05, 0) is 91.8 Å². The fourth-order valence-corrected chi connectivity index (χ4v) is 6.25. The van der Waals surface area contributed by atoms with Gasteiger partial charge in [0.1, 0.15) is 0 Å². The number of nitrogens with one attached hydrogen (secondary N) is 2. The van der Waals surface area contributed by atoms with Crippen molar-refractivity contribution in [3.8, 4) is 5.69 Å². The molecule has 2 aromatic carbocycles. The number of benzene rings is 2. The number of nitrogens with zero attached hydrogens (tertiary/aromatic N) is 4. The maximum Gasteiger partial charge on any atom is 0.170 e. The molecule has 3 fully saturated rings. The minimum atomic E-state index is 0.572. The van der Waals surface area contributed by atoms with E-state index in [9.17, 15) is 0 Å². The van der Waals surface area contributed by atoms with E-state index in [4.69, 9.17) is 12.2 Å². The summed E-state index contributed by atoms with van der Waals surface area (Å²) in [6, 6.07) is 19.6.